The minimum Gasteiger partial charge on any atom is -0.461 e. The number of para-hydroxylation sites is 1. The Morgan fingerprint density at radius 2 is 2.16 bits per heavy atom. The van der Waals surface area contributed by atoms with Crippen LogP contribution in [0.15, 0.2) is 28.7 Å². The monoisotopic (exact) mass is 275 g/mol. The Bertz CT molecular complexity index is 563. The van der Waals surface area contributed by atoms with E-state index in [0.29, 0.717) is 6.04 Å². The second-order valence-electron chi connectivity index (χ2n) is 5.33. The first-order valence-corrected chi connectivity index (χ1v) is 8.31. The van der Waals surface area contributed by atoms with Crippen molar-refractivity contribution in [1.29, 1.82) is 0 Å². The number of furan rings is 1. The van der Waals surface area contributed by atoms with Gasteiger partial charge in [0.05, 0.1) is 0 Å². The number of benzene rings is 1. The summed E-state index contributed by atoms with van der Waals surface area (Å²) < 4.78 is 5.82. The summed E-state index contributed by atoms with van der Waals surface area (Å²) in [7, 11) is 0. The Balaban J connectivity index is 1.76. The molecule has 0 radical (unpaired) electrons. The lowest BCUT2D eigenvalue weighted by Gasteiger charge is -2.19. The van der Waals surface area contributed by atoms with E-state index >= 15 is 0 Å². The molecule has 0 amide bonds. The van der Waals surface area contributed by atoms with Gasteiger partial charge in [-0.3, -0.25) is 0 Å². The van der Waals surface area contributed by atoms with Crippen LogP contribution in [0.1, 0.15) is 30.6 Å². The highest BCUT2D eigenvalue weighted by Crippen LogP contribution is 2.30. The normalized spacial score (nSPS) is 23.3. The van der Waals surface area contributed by atoms with Crippen molar-refractivity contribution >= 4 is 22.7 Å². The highest BCUT2D eigenvalue weighted by molar-refractivity contribution is 7.99. The van der Waals surface area contributed by atoms with Crippen molar-refractivity contribution in [3.63, 3.8) is 0 Å². The number of rotatable bonds is 4. The van der Waals surface area contributed by atoms with Gasteiger partial charge in [-0.15, -0.1) is 0 Å². The summed E-state index contributed by atoms with van der Waals surface area (Å²) in [4.78, 5) is 0. The van der Waals surface area contributed by atoms with E-state index in [-0.39, 0.29) is 0 Å². The minimum atomic E-state index is 0.656. The molecule has 2 aromatic rings. The van der Waals surface area contributed by atoms with Gasteiger partial charge in [0.1, 0.15) is 11.3 Å². The largest absolute Gasteiger partial charge is 0.461 e. The van der Waals surface area contributed by atoms with E-state index in [1.165, 1.54) is 30.2 Å². The molecular formula is C16H21NOS. The molecule has 0 saturated heterocycles. The van der Waals surface area contributed by atoms with Gasteiger partial charge in [-0.05, 0) is 32.1 Å². The maximum Gasteiger partial charge on any atom is 0.134 e. The van der Waals surface area contributed by atoms with E-state index in [1.807, 2.05) is 23.9 Å². The van der Waals surface area contributed by atoms with Gasteiger partial charge < -0.3 is 9.73 Å². The van der Waals surface area contributed by atoms with Crippen LogP contribution in [0, 0.1) is 6.92 Å². The number of hydrogen-bond donors (Lipinski definition) is 1. The van der Waals surface area contributed by atoms with Gasteiger partial charge in [-0.25, -0.2) is 0 Å². The molecule has 1 heterocycles. The second kappa shape index (κ2) is 5.59. The van der Waals surface area contributed by atoms with E-state index < -0.39 is 0 Å². The average Bonchev–Trinajstić information content (AvgIpc) is 2.99. The van der Waals surface area contributed by atoms with Crippen LogP contribution in [0.25, 0.3) is 11.0 Å². The summed E-state index contributed by atoms with van der Waals surface area (Å²) in [6.45, 7) is 2.99. The van der Waals surface area contributed by atoms with Gasteiger partial charge in [0.15, 0.2) is 0 Å². The number of aryl methyl sites for hydroxylation is 1. The third kappa shape index (κ3) is 2.54. The van der Waals surface area contributed by atoms with E-state index in [1.54, 1.807) is 0 Å². The molecule has 1 aromatic carbocycles. The topological polar surface area (TPSA) is 25.2 Å². The summed E-state index contributed by atoms with van der Waals surface area (Å²) in [6, 6.07) is 8.97. The smallest absolute Gasteiger partial charge is 0.134 e. The van der Waals surface area contributed by atoms with Crippen LogP contribution in [-0.4, -0.2) is 17.5 Å². The maximum atomic E-state index is 5.82. The van der Waals surface area contributed by atoms with Crippen LogP contribution in [0.4, 0.5) is 0 Å². The fraction of sp³-hybridized carbons (Fsp3) is 0.500. The van der Waals surface area contributed by atoms with Crippen LogP contribution in [-0.2, 0) is 6.54 Å². The third-order valence-electron chi connectivity index (χ3n) is 4.20. The molecule has 1 saturated carbocycles. The van der Waals surface area contributed by atoms with E-state index in [4.69, 9.17) is 4.42 Å². The van der Waals surface area contributed by atoms with Gasteiger partial charge in [0.25, 0.3) is 0 Å². The zero-order valence-electron chi connectivity index (χ0n) is 11.6. The molecule has 3 rings (SSSR count). The molecule has 2 nitrogen and oxygen atoms in total. The Morgan fingerprint density at radius 3 is 3.00 bits per heavy atom. The van der Waals surface area contributed by atoms with Crippen molar-refractivity contribution in [3.05, 3.63) is 35.6 Å². The highest BCUT2D eigenvalue weighted by atomic mass is 32.2. The summed E-state index contributed by atoms with van der Waals surface area (Å²) in [5, 5.41) is 5.77. The first-order valence-electron chi connectivity index (χ1n) is 7.03. The first kappa shape index (κ1) is 13.1. The summed E-state index contributed by atoms with van der Waals surface area (Å²) in [5.41, 5.74) is 2.33. The van der Waals surface area contributed by atoms with Crippen LogP contribution < -0.4 is 5.32 Å². The van der Waals surface area contributed by atoms with Gasteiger partial charge >= 0.3 is 0 Å². The molecule has 19 heavy (non-hydrogen) atoms. The Morgan fingerprint density at radius 1 is 1.32 bits per heavy atom. The molecule has 0 aliphatic heterocycles. The SMILES string of the molecule is CSC1CCCC1NCc1c(C)oc2ccccc12. The molecule has 1 N–H and O–H groups in total. The van der Waals surface area contributed by atoms with E-state index in [9.17, 15) is 0 Å². The molecule has 1 aliphatic rings. The van der Waals surface area contributed by atoms with Crippen molar-refractivity contribution in [2.24, 2.45) is 0 Å². The van der Waals surface area contributed by atoms with Crippen LogP contribution in [0.3, 0.4) is 0 Å². The molecular weight excluding hydrogens is 254 g/mol. The van der Waals surface area contributed by atoms with Crippen LogP contribution in [0.5, 0.6) is 0 Å². The number of fused-ring (bicyclic) bond motifs is 1. The highest BCUT2D eigenvalue weighted by Gasteiger charge is 2.26. The van der Waals surface area contributed by atoms with Crippen molar-refractivity contribution in [2.75, 3.05) is 6.26 Å². The molecule has 3 heteroatoms. The fourth-order valence-corrected chi connectivity index (χ4v) is 4.08. The first-order chi connectivity index (χ1) is 9.29. The van der Waals surface area contributed by atoms with Crippen LogP contribution in [0.2, 0.25) is 0 Å². The lowest BCUT2D eigenvalue weighted by atomic mass is 10.1. The summed E-state index contributed by atoms with van der Waals surface area (Å²) in [5.74, 6) is 1.05. The van der Waals surface area contributed by atoms with Gasteiger partial charge in [0.2, 0.25) is 0 Å². The molecule has 1 aliphatic carbocycles. The zero-order valence-corrected chi connectivity index (χ0v) is 12.4. The lowest BCUT2D eigenvalue weighted by molar-refractivity contribution is 0.519. The predicted molar refractivity (Wildman–Crippen MR) is 82.7 cm³/mol. The molecule has 1 aromatic heterocycles. The minimum absolute atomic E-state index is 0.656. The molecule has 102 valence electrons. The van der Waals surface area contributed by atoms with Crippen molar-refractivity contribution < 1.29 is 4.42 Å². The maximum absolute atomic E-state index is 5.82. The number of nitrogens with one attached hydrogen (secondary N) is 1. The number of hydrogen-bond acceptors (Lipinski definition) is 3. The van der Waals surface area contributed by atoms with Crippen molar-refractivity contribution in [3.8, 4) is 0 Å². The quantitative estimate of drug-likeness (QED) is 0.909. The van der Waals surface area contributed by atoms with E-state index in [2.05, 4.69) is 30.6 Å². The van der Waals surface area contributed by atoms with Crippen LogP contribution >= 0.6 is 11.8 Å². The Labute approximate surface area is 118 Å². The van der Waals surface area contributed by atoms with Gasteiger partial charge in [-0.2, -0.15) is 11.8 Å². The van der Waals surface area contributed by atoms with Gasteiger partial charge in [0, 0.05) is 28.8 Å². The third-order valence-corrected chi connectivity index (χ3v) is 5.37. The Hall–Kier alpha value is -0.930. The predicted octanol–water partition coefficient (Wildman–Crippen LogP) is 4.11. The van der Waals surface area contributed by atoms with E-state index in [0.717, 1.165) is 23.1 Å². The summed E-state index contributed by atoms with van der Waals surface area (Å²) in [6.07, 6.45) is 6.24. The van der Waals surface area contributed by atoms with Gasteiger partial charge in [-0.1, -0.05) is 24.6 Å². The zero-order chi connectivity index (χ0) is 13.2. The molecule has 2 unspecified atom stereocenters. The van der Waals surface area contributed by atoms with Crippen molar-refractivity contribution in [2.45, 2.75) is 44.0 Å². The molecule has 2 atom stereocenters. The second-order valence-corrected chi connectivity index (χ2v) is 6.40. The lowest BCUT2D eigenvalue weighted by Crippen LogP contribution is -2.33. The van der Waals surface area contributed by atoms with Crippen molar-refractivity contribution in [1.82, 2.24) is 5.32 Å². The standard InChI is InChI=1S/C16H21NOS/c1-11-13(12-6-3-4-8-15(12)18-11)10-17-14-7-5-9-16(14)19-2/h3-4,6,8,14,16-17H,5,7,9-10H2,1-2H3. The Kier molecular flexibility index (Phi) is 3.85. The average molecular weight is 275 g/mol. The molecule has 0 spiro atoms. The molecule has 1 fully saturated rings. The summed E-state index contributed by atoms with van der Waals surface area (Å²) >= 11 is 2.00. The number of thioether (sulfide) groups is 1. The molecule has 0 bridgehead atoms. The fourth-order valence-electron chi connectivity index (χ4n) is 3.12.